The van der Waals surface area contributed by atoms with Crippen molar-refractivity contribution in [1.29, 1.82) is 0 Å². The Morgan fingerprint density at radius 1 is 1.15 bits per heavy atom. The molecule has 104 valence electrons. The Bertz CT molecular complexity index is 631. The van der Waals surface area contributed by atoms with Crippen LogP contribution < -0.4 is 0 Å². The Hall–Kier alpha value is -0.650. The second kappa shape index (κ2) is 7.38. The highest BCUT2D eigenvalue weighted by Gasteiger charge is 2.10. The van der Waals surface area contributed by atoms with E-state index in [1.807, 2.05) is 24.3 Å². The molecule has 0 radical (unpaired) electrons. The second-order valence-corrected chi connectivity index (χ2v) is 6.96. The number of carbonyl (C=O) groups excluding carboxylic acids is 1. The fourth-order valence-corrected chi connectivity index (χ4v) is 3.50. The Morgan fingerprint density at radius 3 is 2.65 bits per heavy atom. The summed E-state index contributed by atoms with van der Waals surface area (Å²) in [6.45, 7) is 0. The molecule has 0 amide bonds. The zero-order chi connectivity index (χ0) is 14.5. The van der Waals surface area contributed by atoms with Gasteiger partial charge in [0.05, 0.1) is 5.75 Å². The van der Waals surface area contributed by atoms with Crippen LogP contribution in [0, 0.1) is 5.82 Å². The molecule has 20 heavy (non-hydrogen) atoms. The number of carbonyl (C=O) groups is 1. The standard InChI is InChI=1S/C15H11Br2FOS/c16-11-5-6-14(18)10(7-11)8-12(19)9-20-15-4-2-1-3-13(15)17/h1-7H,8-9H2. The van der Waals surface area contributed by atoms with Crippen LogP contribution in [0.25, 0.3) is 0 Å². The lowest BCUT2D eigenvalue weighted by Crippen LogP contribution is -2.07. The smallest absolute Gasteiger partial charge is 0.147 e. The number of halogens is 3. The van der Waals surface area contributed by atoms with Crippen LogP contribution in [0.5, 0.6) is 0 Å². The normalized spacial score (nSPS) is 10.6. The Labute approximate surface area is 138 Å². The summed E-state index contributed by atoms with van der Waals surface area (Å²) in [4.78, 5) is 13.0. The molecule has 0 spiro atoms. The quantitative estimate of drug-likeness (QED) is 0.617. The summed E-state index contributed by atoms with van der Waals surface area (Å²) in [6, 6.07) is 12.4. The van der Waals surface area contributed by atoms with Crippen LogP contribution in [0.15, 0.2) is 56.3 Å². The van der Waals surface area contributed by atoms with Gasteiger partial charge in [-0.25, -0.2) is 4.39 Å². The molecule has 0 fully saturated rings. The molecule has 1 nitrogen and oxygen atoms in total. The third-order valence-corrected chi connectivity index (χ3v) is 5.20. The molecule has 0 N–H and O–H groups in total. The number of ketones is 1. The number of hydrogen-bond acceptors (Lipinski definition) is 2. The molecule has 0 unspecified atom stereocenters. The Kier molecular flexibility index (Phi) is 5.81. The van der Waals surface area contributed by atoms with Crippen LogP contribution in [0.4, 0.5) is 4.39 Å². The van der Waals surface area contributed by atoms with E-state index in [1.165, 1.54) is 17.8 Å². The van der Waals surface area contributed by atoms with Crippen molar-refractivity contribution in [2.45, 2.75) is 11.3 Å². The average Bonchev–Trinajstić information content (AvgIpc) is 2.42. The van der Waals surface area contributed by atoms with Crippen LogP contribution in [-0.2, 0) is 11.2 Å². The van der Waals surface area contributed by atoms with Crippen LogP contribution >= 0.6 is 43.6 Å². The number of hydrogen-bond donors (Lipinski definition) is 0. The summed E-state index contributed by atoms with van der Waals surface area (Å²) in [7, 11) is 0. The highest BCUT2D eigenvalue weighted by atomic mass is 79.9. The van der Waals surface area contributed by atoms with E-state index in [-0.39, 0.29) is 18.0 Å². The number of Topliss-reactive ketones (excluding diaryl/α,β-unsaturated/α-hetero) is 1. The highest BCUT2D eigenvalue weighted by Crippen LogP contribution is 2.27. The molecule has 2 aromatic carbocycles. The van der Waals surface area contributed by atoms with Crippen molar-refractivity contribution in [3.8, 4) is 0 Å². The van der Waals surface area contributed by atoms with Crippen molar-refractivity contribution < 1.29 is 9.18 Å². The molecule has 5 heteroatoms. The molecule has 2 rings (SSSR count). The first kappa shape index (κ1) is 15.7. The van der Waals surface area contributed by atoms with E-state index in [9.17, 15) is 9.18 Å². The average molecular weight is 418 g/mol. The SMILES string of the molecule is O=C(CSc1ccccc1Br)Cc1cc(Br)ccc1F. The third-order valence-electron chi connectivity index (χ3n) is 2.62. The van der Waals surface area contributed by atoms with Crippen LogP contribution in [-0.4, -0.2) is 11.5 Å². The lowest BCUT2D eigenvalue weighted by atomic mass is 10.1. The maximum atomic E-state index is 13.6. The Morgan fingerprint density at radius 2 is 1.90 bits per heavy atom. The summed E-state index contributed by atoms with van der Waals surface area (Å²) >= 11 is 8.17. The van der Waals surface area contributed by atoms with Gasteiger partial charge >= 0.3 is 0 Å². The zero-order valence-electron chi connectivity index (χ0n) is 10.4. The summed E-state index contributed by atoms with van der Waals surface area (Å²) in [6.07, 6.45) is 0.114. The molecule has 0 aliphatic rings. The number of benzene rings is 2. The minimum atomic E-state index is -0.340. The molecule has 2 aromatic rings. The molecule has 0 atom stereocenters. The third kappa shape index (κ3) is 4.43. The lowest BCUT2D eigenvalue weighted by Gasteiger charge is -2.05. The molecule has 0 saturated heterocycles. The molecule has 0 heterocycles. The van der Waals surface area contributed by atoms with Crippen molar-refractivity contribution in [3.63, 3.8) is 0 Å². The number of thioether (sulfide) groups is 1. The zero-order valence-corrected chi connectivity index (χ0v) is 14.4. The first-order chi connectivity index (χ1) is 9.56. The predicted octanol–water partition coefficient (Wildman–Crippen LogP) is 5.25. The van der Waals surface area contributed by atoms with Gasteiger partial charge in [0, 0.05) is 20.3 Å². The predicted molar refractivity (Wildman–Crippen MR) is 87.7 cm³/mol. The van der Waals surface area contributed by atoms with Crippen molar-refractivity contribution in [2.24, 2.45) is 0 Å². The fraction of sp³-hybridized carbons (Fsp3) is 0.133. The first-order valence-electron chi connectivity index (χ1n) is 5.89. The maximum absolute atomic E-state index is 13.6. The Balaban J connectivity index is 1.96. The van der Waals surface area contributed by atoms with E-state index in [4.69, 9.17) is 0 Å². The second-order valence-electron chi connectivity index (χ2n) is 4.17. The van der Waals surface area contributed by atoms with E-state index in [0.29, 0.717) is 11.3 Å². The largest absolute Gasteiger partial charge is 0.298 e. The van der Waals surface area contributed by atoms with Crippen molar-refractivity contribution >= 4 is 49.4 Å². The molecule has 0 aromatic heterocycles. The van der Waals surface area contributed by atoms with Gasteiger partial charge < -0.3 is 0 Å². The van der Waals surface area contributed by atoms with Crippen molar-refractivity contribution in [3.05, 3.63) is 62.8 Å². The van der Waals surface area contributed by atoms with Crippen LogP contribution in [0.2, 0.25) is 0 Å². The van der Waals surface area contributed by atoms with Gasteiger partial charge in [-0.1, -0.05) is 28.1 Å². The lowest BCUT2D eigenvalue weighted by molar-refractivity contribution is -0.116. The fourth-order valence-electron chi connectivity index (χ4n) is 1.66. The van der Waals surface area contributed by atoms with E-state index < -0.39 is 0 Å². The molecule has 0 bridgehead atoms. The van der Waals surface area contributed by atoms with Crippen molar-refractivity contribution in [1.82, 2.24) is 0 Å². The molecular weight excluding hydrogens is 407 g/mol. The molecule has 0 aliphatic carbocycles. The summed E-state index contributed by atoms with van der Waals surface area (Å²) < 4.78 is 15.3. The van der Waals surface area contributed by atoms with Gasteiger partial charge in [-0.05, 0) is 51.8 Å². The van der Waals surface area contributed by atoms with Crippen LogP contribution in [0.3, 0.4) is 0 Å². The van der Waals surface area contributed by atoms with Gasteiger partial charge in [0.15, 0.2) is 0 Å². The van der Waals surface area contributed by atoms with E-state index in [1.54, 1.807) is 12.1 Å². The molecule has 0 saturated carbocycles. The number of rotatable bonds is 5. The first-order valence-corrected chi connectivity index (χ1v) is 8.46. The minimum Gasteiger partial charge on any atom is -0.298 e. The molecular formula is C15H11Br2FOS. The van der Waals surface area contributed by atoms with Gasteiger partial charge in [0.1, 0.15) is 11.6 Å². The van der Waals surface area contributed by atoms with Gasteiger partial charge in [-0.2, -0.15) is 0 Å². The summed E-state index contributed by atoms with van der Waals surface area (Å²) in [5.41, 5.74) is 0.428. The maximum Gasteiger partial charge on any atom is 0.147 e. The van der Waals surface area contributed by atoms with Crippen molar-refractivity contribution in [2.75, 3.05) is 5.75 Å². The van der Waals surface area contributed by atoms with E-state index >= 15 is 0 Å². The van der Waals surface area contributed by atoms with Crippen LogP contribution in [0.1, 0.15) is 5.56 Å². The van der Waals surface area contributed by atoms with Gasteiger partial charge in [-0.15, -0.1) is 11.8 Å². The minimum absolute atomic E-state index is 0.00255. The topological polar surface area (TPSA) is 17.1 Å². The monoisotopic (exact) mass is 416 g/mol. The van der Waals surface area contributed by atoms with E-state index in [2.05, 4.69) is 31.9 Å². The summed E-state index contributed by atoms with van der Waals surface area (Å²) in [5.74, 6) is -0.00984. The molecule has 0 aliphatic heterocycles. The van der Waals surface area contributed by atoms with Gasteiger partial charge in [0.25, 0.3) is 0 Å². The highest BCUT2D eigenvalue weighted by molar-refractivity contribution is 9.10. The van der Waals surface area contributed by atoms with Gasteiger partial charge in [-0.3, -0.25) is 4.79 Å². The summed E-state index contributed by atoms with van der Waals surface area (Å²) in [5, 5.41) is 0. The van der Waals surface area contributed by atoms with E-state index in [0.717, 1.165) is 13.8 Å². The van der Waals surface area contributed by atoms with Gasteiger partial charge in [0.2, 0.25) is 0 Å².